The van der Waals surface area contributed by atoms with Crippen LogP contribution in [0.3, 0.4) is 0 Å². The van der Waals surface area contributed by atoms with Crippen molar-refractivity contribution in [3.8, 4) is 0 Å². The molecule has 0 aromatic heterocycles. The zero-order valence-electron chi connectivity index (χ0n) is 15.3. The molecule has 132 valence electrons. The lowest BCUT2D eigenvalue weighted by Crippen LogP contribution is -2.48. The first-order chi connectivity index (χ1) is 12.2. The van der Waals surface area contributed by atoms with Crippen molar-refractivity contribution in [2.75, 3.05) is 18.0 Å². The lowest BCUT2D eigenvalue weighted by molar-refractivity contribution is -0.119. The number of para-hydroxylation sites is 1. The summed E-state index contributed by atoms with van der Waals surface area (Å²) in [6.45, 7) is 6.29. The van der Waals surface area contributed by atoms with Crippen LogP contribution in [0.2, 0.25) is 0 Å². The van der Waals surface area contributed by atoms with E-state index in [1.54, 1.807) is 0 Å². The number of carbonyl (C=O) groups excluding carboxylic acids is 1. The molecule has 1 unspecified atom stereocenters. The summed E-state index contributed by atoms with van der Waals surface area (Å²) in [5, 5.41) is 0. The van der Waals surface area contributed by atoms with Gasteiger partial charge in [0.25, 0.3) is 0 Å². The maximum atomic E-state index is 12.6. The first-order valence-corrected chi connectivity index (χ1v) is 9.36. The normalized spacial score (nSPS) is 17.2. The van der Waals surface area contributed by atoms with Crippen molar-refractivity contribution < 1.29 is 4.79 Å². The molecule has 1 heterocycles. The Morgan fingerprint density at radius 1 is 1.04 bits per heavy atom. The third-order valence-electron chi connectivity index (χ3n) is 5.30. The van der Waals surface area contributed by atoms with Crippen LogP contribution in [0.4, 0.5) is 5.69 Å². The third-order valence-corrected chi connectivity index (χ3v) is 5.30. The predicted octanol–water partition coefficient (Wildman–Crippen LogP) is 4.66. The molecule has 1 aliphatic heterocycles. The van der Waals surface area contributed by atoms with Crippen LogP contribution >= 0.6 is 0 Å². The second kappa shape index (κ2) is 8.30. The molecule has 1 aliphatic rings. The van der Waals surface area contributed by atoms with E-state index in [0.717, 1.165) is 31.6 Å². The molecular formula is C22H28N2O. The minimum Gasteiger partial charge on any atom is -0.309 e. The molecule has 0 saturated carbocycles. The summed E-state index contributed by atoms with van der Waals surface area (Å²) in [5.74, 6) is 0.223. The fraction of sp³-hybridized carbons (Fsp3) is 0.409. The maximum absolute atomic E-state index is 12.6. The lowest BCUT2D eigenvalue weighted by Gasteiger charge is -2.41. The smallest absolute Gasteiger partial charge is 0.226 e. The van der Waals surface area contributed by atoms with E-state index in [2.05, 4.69) is 42.2 Å². The van der Waals surface area contributed by atoms with Crippen molar-refractivity contribution in [1.82, 2.24) is 4.90 Å². The van der Waals surface area contributed by atoms with Gasteiger partial charge in [-0.25, -0.2) is 0 Å². The summed E-state index contributed by atoms with van der Waals surface area (Å²) in [6, 6.07) is 21.5. The van der Waals surface area contributed by atoms with Crippen LogP contribution in [0.25, 0.3) is 0 Å². The van der Waals surface area contributed by atoms with E-state index < -0.39 is 0 Å². The summed E-state index contributed by atoms with van der Waals surface area (Å²) in [4.78, 5) is 17.1. The Hall–Kier alpha value is -2.13. The molecule has 3 heteroatoms. The van der Waals surface area contributed by atoms with Crippen molar-refractivity contribution in [3.63, 3.8) is 0 Å². The van der Waals surface area contributed by atoms with Gasteiger partial charge in [-0.15, -0.1) is 0 Å². The fourth-order valence-electron chi connectivity index (χ4n) is 3.79. The van der Waals surface area contributed by atoms with Gasteiger partial charge < -0.3 is 4.90 Å². The minimum absolute atomic E-state index is 0.223. The fourth-order valence-corrected chi connectivity index (χ4v) is 3.79. The van der Waals surface area contributed by atoms with Crippen LogP contribution in [0.15, 0.2) is 60.7 Å². The molecular weight excluding hydrogens is 308 g/mol. The van der Waals surface area contributed by atoms with E-state index in [0.29, 0.717) is 18.5 Å². The third kappa shape index (κ3) is 4.10. The van der Waals surface area contributed by atoms with Gasteiger partial charge in [0, 0.05) is 37.3 Å². The number of piperidine rings is 1. The van der Waals surface area contributed by atoms with E-state index in [1.807, 2.05) is 42.2 Å². The van der Waals surface area contributed by atoms with Crippen LogP contribution < -0.4 is 4.90 Å². The van der Waals surface area contributed by atoms with E-state index in [-0.39, 0.29) is 5.91 Å². The van der Waals surface area contributed by atoms with Gasteiger partial charge in [-0.05, 0) is 37.5 Å². The highest BCUT2D eigenvalue weighted by atomic mass is 16.2. The average Bonchev–Trinajstić information content (AvgIpc) is 2.69. The monoisotopic (exact) mass is 336 g/mol. The number of likely N-dealkylation sites (tertiary alicyclic amines) is 1. The van der Waals surface area contributed by atoms with Gasteiger partial charge in [-0.2, -0.15) is 0 Å². The van der Waals surface area contributed by atoms with Crippen molar-refractivity contribution in [2.24, 2.45) is 0 Å². The largest absolute Gasteiger partial charge is 0.309 e. The van der Waals surface area contributed by atoms with E-state index in [9.17, 15) is 4.79 Å². The standard InChI is InChI=1S/C22H28N2O/c1-3-22(25)24(20-12-8-5-9-13-20)21-14-16-23(17-15-21)18(2)19-10-6-4-7-11-19/h4-13,18,21H,3,14-17H2,1-2H3. The van der Waals surface area contributed by atoms with Gasteiger partial charge in [-0.1, -0.05) is 55.5 Å². The summed E-state index contributed by atoms with van der Waals surface area (Å²) in [6.07, 6.45) is 2.60. The first kappa shape index (κ1) is 17.7. The van der Waals surface area contributed by atoms with E-state index in [1.165, 1.54) is 5.56 Å². The number of benzene rings is 2. The Balaban J connectivity index is 1.68. The number of amides is 1. The van der Waals surface area contributed by atoms with Crippen LogP contribution in [0.5, 0.6) is 0 Å². The quantitative estimate of drug-likeness (QED) is 0.793. The highest BCUT2D eigenvalue weighted by Gasteiger charge is 2.30. The molecule has 0 N–H and O–H groups in total. The Bertz CT molecular complexity index is 663. The molecule has 1 saturated heterocycles. The van der Waals surface area contributed by atoms with Crippen LogP contribution in [-0.4, -0.2) is 29.9 Å². The molecule has 25 heavy (non-hydrogen) atoms. The second-order valence-electron chi connectivity index (χ2n) is 6.81. The summed E-state index contributed by atoms with van der Waals surface area (Å²) < 4.78 is 0. The number of hydrogen-bond donors (Lipinski definition) is 0. The Morgan fingerprint density at radius 3 is 2.16 bits per heavy atom. The molecule has 3 nitrogen and oxygen atoms in total. The van der Waals surface area contributed by atoms with Crippen LogP contribution in [0, 0.1) is 0 Å². The number of rotatable bonds is 5. The summed E-state index contributed by atoms with van der Waals surface area (Å²) in [7, 11) is 0. The highest BCUT2D eigenvalue weighted by molar-refractivity contribution is 5.93. The minimum atomic E-state index is 0.223. The molecule has 2 aromatic rings. The van der Waals surface area contributed by atoms with Crippen molar-refractivity contribution >= 4 is 11.6 Å². The molecule has 3 rings (SSSR count). The van der Waals surface area contributed by atoms with Crippen molar-refractivity contribution in [1.29, 1.82) is 0 Å². The van der Waals surface area contributed by atoms with Crippen molar-refractivity contribution in [3.05, 3.63) is 66.2 Å². The average molecular weight is 336 g/mol. The maximum Gasteiger partial charge on any atom is 0.226 e. The molecule has 1 amide bonds. The summed E-state index contributed by atoms with van der Waals surface area (Å²) in [5.41, 5.74) is 2.40. The van der Waals surface area contributed by atoms with Gasteiger partial charge in [0.05, 0.1) is 0 Å². The van der Waals surface area contributed by atoms with Gasteiger partial charge in [0.2, 0.25) is 5.91 Å². The van der Waals surface area contributed by atoms with Crippen molar-refractivity contribution in [2.45, 2.75) is 45.2 Å². The molecule has 0 aliphatic carbocycles. The predicted molar refractivity (Wildman–Crippen MR) is 104 cm³/mol. The Morgan fingerprint density at radius 2 is 1.60 bits per heavy atom. The Kier molecular flexibility index (Phi) is 5.87. The molecule has 0 radical (unpaired) electrons. The lowest BCUT2D eigenvalue weighted by atomic mass is 9.98. The topological polar surface area (TPSA) is 23.6 Å². The molecule has 2 aromatic carbocycles. The Labute approximate surface area is 151 Å². The van der Waals surface area contributed by atoms with E-state index >= 15 is 0 Å². The number of anilines is 1. The number of carbonyl (C=O) groups is 1. The molecule has 0 spiro atoms. The molecule has 1 atom stereocenters. The first-order valence-electron chi connectivity index (χ1n) is 9.36. The number of hydrogen-bond acceptors (Lipinski definition) is 2. The zero-order chi connectivity index (χ0) is 17.6. The van der Waals surface area contributed by atoms with Gasteiger partial charge in [-0.3, -0.25) is 9.69 Å². The highest BCUT2D eigenvalue weighted by Crippen LogP contribution is 2.28. The van der Waals surface area contributed by atoms with Crippen LogP contribution in [0.1, 0.15) is 44.7 Å². The molecule has 1 fully saturated rings. The molecule has 0 bridgehead atoms. The SMILES string of the molecule is CCC(=O)N(c1ccccc1)C1CCN(C(C)c2ccccc2)CC1. The van der Waals surface area contributed by atoms with Crippen LogP contribution in [-0.2, 0) is 4.79 Å². The van der Waals surface area contributed by atoms with Gasteiger partial charge in [0.15, 0.2) is 0 Å². The van der Waals surface area contributed by atoms with Gasteiger partial charge in [0.1, 0.15) is 0 Å². The van der Waals surface area contributed by atoms with E-state index in [4.69, 9.17) is 0 Å². The zero-order valence-corrected chi connectivity index (χ0v) is 15.3. The second-order valence-corrected chi connectivity index (χ2v) is 6.81. The number of nitrogens with zero attached hydrogens (tertiary/aromatic N) is 2. The summed E-state index contributed by atoms with van der Waals surface area (Å²) >= 11 is 0. The van der Waals surface area contributed by atoms with Gasteiger partial charge >= 0.3 is 0 Å².